The second-order valence-electron chi connectivity index (χ2n) is 7.47. The van der Waals surface area contributed by atoms with Gasteiger partial charge in [0.05, 0.1) is 11.7 Å². The number of halogens is 7. The highest BCUT2D eigenvalue weighted by Crippen LogP contribution is 2.64. The van der Waals surface area contributed by atoms with E-state index in [2.05, 4.69) is 0 Å². The number of thiophene rings is 1. The zero-order valence-electron chi connectivity index (χ0n) is 15.5. The lowest BCUT2D eigenvalue weighted by Gasteiger charge is -2.25. The number of rotatable bonds is 4. The van der Waals surface area contributed by atoms with Crippen molar-refractivity contribution in [1.82, 2.24) is 0 Å². The molecule has 0 amide bonds. The van der Waals surface area contributed by atoms with Crippen LogP contribution in [0.1, 0.15) is 37.7 Å². The van der Waals surface area contributed by atoms with Crippen LogP contribution in [0, 0.1) is 0 Å². The van der Waals surface area contributed by atoms with Crippen LogP contribution in [0.4, 0.5) is 30.7 Å². The average Bonchev–Trinajstić information content (AvgIpc) is 3.15. The topological polar surface area (TPSA) is 9.23 Å². The number of alkyl halides is 6. The third-order valence-corrected chi connectivity index (χ3v) is 6.52. The van der Waals surface area contributed by atoms with Gasteiger partial charge in [-0.05, 0) is 37.3 Å². The van der Waals surface area contributed by atoms with Gasteiger partial charge in [0, 0.05) is 10.4 Å². The molecule has 0 spiro atoms. The zero-order valence-corrected chi connectivity index (χ0v) is 16.4. The fourth-order valence-electron chi connectivity index (χ4n) is 3.79. The predicted molar refractivity (Wildman–Crippen MR) is 100 cm³/mol. The maximum atomic E-state index is 14.4. The zero-order chi connectivity index (χ0) is 21.7. The van der Waals surface area contributed by atoms with Gasteiger partial charge in [-0.15, -0.1) is 0 Å². The van der Waals surface area contributed by atoms with Crippen LogP contribution in [0.15, 0.2) is 42.2 Å². The first kappa shape index (κ1) is 21.2. The molecule has 0 bridgehead atoms. The van der Waals surface area contributed by atoms with Crippen molar-refractivity contribution in [3.05, 3.63) is 47.8 Å². The van der Waals surface area contributed by atoms with E-state index in [-0.39, 0.29) is 11.2 Å². The van der Waals surface area contributed by atoms with Gasteiger partial charge in [0.2, 0.25) is 0 Å². The summed E-state index contributed by atoms with van der Waals surface area (Å²) >= 11 is 0.850. The van der Waals surface area contributed by atoms with Crippen molar-refractivity contribution in [3.63, 3.8) is 0 Å². The van der Waals surface area contributed by atoms with Gasteiger partial charge < -0.3 is 4.74 Å². The third kappa shape index (κ3) is 3.13. The third-order valence-electron chi connectivity index (χ3n) is 5.45. The Morgan fingerprint density at radius 3 is 2.07 bits per heavy atom. The summed E-state index contributed by atoms with van der Waals surface area (Å²) < 4.78 is 104. The highest BCUT2D eigenvalue weighted by Gasteiger charge is 2.81. The molecule has 4 rings (SSSR count). The summed E-state index contributed by atoms with van der Waals surface area (Å²) in [6, 6.07) is 9.36. The Balaban J connectivity index is 1.85. The Hall–Kier alpha value is -2.03. The molecule has 0 aliphatic heterocycles. The second-order valence-corrected chi connectivity index (χ2v) is 8.48. The molecule has 0 radical (unpaired) electrons. The number of benzene rings is 1. The van der Waals surface area contributed by atoms with Crippen molar-refractivity contribution in [2.24, 2.45) is 0 Å². The minimum absolute atomic E-state index is 0.251. The van der Waals surface area contributed by atoms with Gasteiger partial charge in [0.15, 0.2) is 10.9 Å². The maximum absolute atomic E-state index is 14.4. The SMILES string of the molecule is FC1=C(c2cc(-c3ccccc3)sc2OC2CCCCC2)C(F)(F)C(F)(F)C1(F)F. The molecular formula is C21H17F7OS. The van der Waals surface area contributed by atoms with Gasteiger partial charge in [-0.25, -0.2) is 4.39 Å². The monoisotopic (exact) mass is 450 g/mol. The second kappa shape index (κ2) is 7.28. The smallest absolute Gasteiger partial charge is 0.383 e. The molecule has 9 heteroatoms. The highest BCUT2D eigenvalue weighted by atomic mass is 32.1. The van der Waals surface area contributed by atoms with Gasteiger partial charge >= 0.3 is 17.8 Å². The van der Waals surface area contributed by atoms with Gasteiger partial charge in [0.25, 0.3) is 0 Å². The maximum Gasteiger partial charge on any atom is 0.383 e. The van der Waals surface area contributed by atoms with Crippen molar-refractivity contribution in [3.8, 4) is 15.5 Å². The molecule has 1 fully saturated rings. The molecular weight excluding hydrogens is 433 g/mol. The molecule has 30 heavy (non-hydrogen) atoms. The molecule has 1 nitrogen and oxygen atoms in total. The van der Waals surface area contributed by atoms with Crippen LogP contribution in [0.2, 0.25) is 0 Å². The Morgan fingerprint density at radius 1 is 0.867 bits per heavy atom. The summed E-state index contributed by atoms with van der Waals surface area (Å²) in [6.45, 7) is 0. The molecule has 2 aromatic rings. The molecule has 1 saturated carbocycles. The fraction of sp³-hybridized carbons (Fsp3) is 0.429. The largest absolute Gasteiger partial charge is 0.480 e. The van der Waals surface area contributed by atoms with Crippen LogP contribution >= 0.6 is 11.3 Å². The van der Waals surface area contributed by atoms with Crippen LogP contribution in [0.25, 0.3) is 16.0 Å². The molecule has 0 N–H and O–H groups in total. The molecule has 162 valence electrons. The molecule has 1 aromatic heterocycles. The summed E-state index contributed by atoms with van der Waals surface area (Å²) in [4.78, 5) is 0.325. The number of hydrogen-bond acceptors (Lipinski definition) is 2. The normalized spacial score (nSPS) is 23.0. The van der Waals surface area contributed by atoms with E-state index in [0.717, 1.165) is 36.7 Å². The van der Waals surface area contributed by atoms with E-state index in [0.29, 0.717) is 23.3 Å². The minimum Gasteiger partial charge on any atom is -0.480 e. The molecule has 1 heterocycles. The summed E-state index contributed by atoms with van der Waals surface area (Å²) in [6.07, 6.45) is 3.49. The van der Waals surface area contributed by atoms with Crippen LogP contribution in [0.3, 0.4) is 0 Å². The summed E-state index contributed by atoms with van der Waals surface area (Å²) in [5, 5.41) is -0.251. The lowest BCUT2D eigenvalue weighted by atomic mass is 9.97. The summed E-state index contributed by atoms with van der Waals surface area (Å²) in [7, 11) is 0. The Kier molecular flexibility index (Phi) is 5.15. The lowest BCUT2D eigenvalue weighted by Crippen LogP contribution is -2.48. The van der Waals surface area contributed by atoms with Gasteiger partial charge in [0.1, 0.15) is 0 Å². The van der Waals surface area contributed by atoms with E-state index in [1.807, 2.05) is 0 Å². The van der Waals surface area contributed by atoms with Crippen molar-refractivity contribution in [2.75, 3.05) is 0 Å². The molecule has 0 atom stereocenters. The van der Waals surface area contributed by atoms with Gasteiger partial charge in [-0.1, -0.05) is 48.1 Å². The van der Waals surface area contributed by atoms with Crippen molar-refractivity contribution >= 4 is 16.9 Å². The van der Waals surface area contributed by atoms with E-state index in [9.17, 15) is 30.7 Å². The van der Waals surface area contributed by atoms with Crippen LogP contribution in [-0.2, 0) is 0 Å². The Bertz CT molecular complexity index is 959. The Labute approximate surface area is 172 Å². The van der Waals surface area contributed by atoms with Gasteiger partial charge in [-0.3, -0.25) is 0 Å². The Morgan fingerprint density at radius 2 is 1.50 bits per heavy atom. The van der Waals surface area contributed by atoms with Crippen LogP contribution < -0.4 is 4.74 Å². The summed E-state index contributed by atoms with van der Waals surface area (Å²) in [5.41, 5.74) is -2.20. The van der Waals surface area contributed by atoms with Crippen molar-refractivity contribution in [1.29, 1.82) is 0 Å². The molecule has 0 unspecified atom stereocenters. The van der Waals surface area contributed by atoms with Crippen molar-refractivity contribution < 1.29 is 35.5 Å². The number of allylic oxidation sites excluding steroid dienone is 2. The first-order valence-electron chi connectivity index (χ1n) is 9.48. The van der Waals surface area contributed by atoms with E-state index in [1.165, 1.54) is 0 Å². The fourth-order valence-corrected chi connectivity index (χ4v) is 4.87. The minimum atomic E-state index is -5.88. The van der Waals surface area contributed by atoms with E-state index in [1.54, 1.807) is 30.3 Å². The van der Waals surface area contributed by atoms with Crippen molar-refractivity contribution in [2.45, 2.75) is 56.0 Å². The number of hydrogen-bond donors (Lipinski definition) is 0. The van der Waals surface area contributed by atoms with E-state index < -0.39 is 34.7 Å². The number of ether oxygens (including phenoxy) is 1. The van der Waals surface area contributed by atoms with Crippen LogP contribution in [0.5, 0.6) is 5.06 Å². The molecule has 2 aliphatic carbocycles. The molecule has 0 saturated heterocycles. The predicted octanol–water partition coefficient (Wildman–Crippen LogP) is 7.73. The van der Waals surface area contributed by atoms with Crippen LogP contribution in [-0.4, -0.2) is 23.9 Å². The first-order chi connectivity index (χ1) is 14.1. The van der Waals surface area contributed by atoms with Gasteiger partial charge in [-0.2, -0.15) is 26.3 Å². The first-order valence-corrected chi connectivity index (χ1v) is 10.3. The molecule has 2 aliphatic rings. The highest BCUT2D eigenvalue weighted by molar-refractivity contribution is 7.17. The quantitative estimate of drug-likeness (QED) is 0.433. The molecule has 1 aromatic carbocycles. The van der Waals surface area contributed by atoms with E-state index in [4.69, 9.17) is 4.74 Å². The standard InChI is InChI=1S/C21H17F7OS/c22-17-16(19(23,24)21(27,28)20(17,25)26)14-11-15(12-7-3-1-4-8-12)30-18(14)29-13-9-5-2-6-10-13/h1,3-4,7-8,11,13H,2,5-6,9-10H2. The summed E-state index contributed by atoms with van der Waals surface area (Å²) in [5.74, 6) is -19.7. The van der Waals surface area contributed by atoms with E-state index >= 15 is 0 Å². The lowest BCUT2D eigenvalue weighted by molar-refractivity contribution is -0.263. The average molecular weight is 450 g/mol.